The minimum Gasteiger partial charge on any atom is -0.341 e. The first-order valence-electron chi connectivity index (χ1n) is 9.54. The second-order valence-corrected chi connectivity index (χ2v) is 21.4. The zero-order valence-electron chi connectivity index (χ0n) is 18.7. The average molecular weight is 376 g/mol. The maximum Gasteiger partial charge on any atom is 0.121 e. The lowest BCUT2D eigenvalue weighted by Crippen LogP contribution is -2.67. The van der Waals surface area contributed by atoms with Gasteiger partial charge in [0.25, 0.3) is 0 Å². The average Bonchev–Trinajstić information content (AvgIpc) is 2.42. The molecule has 0 heterocycles. The predicted molar refractivity (Wildman–Crippen MR) is 121 cm³/mol. The number of hydrogen-bond donors (Lipinski definition) is 0. The van der Waals surface area contributed by atoms with E-state index in [9.17, 15) is 0 Å². The number of allylic oxidation sites excluding steroid dienone is 1. The molecule has 0 amide bonds. The molecule has 0 aromatic heterocycles. The van der Waals surface area contributed by atoms with Crippen molar-refractivity contribution < 1.29 is 0 Å². The van der Waals surface area contributed by atoms with Gasteiger partial charge in [-0.25, -0.2) is 0 Å². The molecule has 0 aliphatic rings. The molecule has 0 saturated heterocycles. The van der Waals surface area contributed by atoms with Gasteiger partial charge in [0.2, 0.25) is 0 Å². The second kappa shape index (κ2) is 7.17. The molecule has 0 bridgehead atoms. The molecule has 1 aromatic carbocycles. The Hall–Kier alpha value is -0.646. The monoisotopic (exact) mass is 375 g/mol. The van der Waals surface area contributed by atoms with Gasteiger partial charge < -0.3 is 4.23 Å². The van der Waals surface area contributed by atoms with E-state index >= 15 is 0 Å². The zero-order valence-corrected chi connectivity index (χ0v) is 20.7. The molecule has 0 saturated carbocycles. The summed E-state index contributed by atoms with van der Waals surface area (Å²) in [7, 11) is -3.27. The highest BCUT2D eigenvalue weighted by atomic mass is 28.4. The van der Waals surface area contributed by atoms with Crippen LogP contribution in [0.25, 0.3) is 5.57 Å². The Bertz CT molecular complexity index is 590. The van der Waals surface area contributed by atoms with Crippen LogP contribution in [0.4, 0.5) is 0 Å². The summed E-state index contributed by atoms with van der Waals surface area (Å²) in [6.45, 7) is 32.2. The Morgan fingerprint density at radius 1 is 0.920 bits per heavy atom. The molecule has 142 valence electrons. The van der Waals surface area contributed by atoms with Crippen LogP contribution in [-0.4, -0.2) is 20.7 Å². The predicted octanol–water partition coefficient (Wildman–Crippen LogP) is 7.53. The molecule has 0 fully saturated rings. The Morgan fingerprint density at radius 3 is 1.72 bits per heavy atom. The van der Waals surface area contributed by atoms with Crippen molar-refractivity contribution in [2.75, 3.05) is 0 Å². The molecule has 0 spiro atoms. The number of nitrogens with zero attached hydrogens (tertiary/aromatic N) is 1. The Kier molecular flexibility index (Phi) is 6.42. The molecule has 3 heteroatoms. The van der Waals surface area contributed by atoms with Crippen molar-refractivity contribution in [1.29, 1.82) is 0 Å². The molecule has 0 atom stereocenters. The van der Waals surface area contributed by atoms with Crippen molar-refractivity contribution in [2.24, 2.45) is 0 Å². The number of benzene rings is 1. The van der Waals surface area contributed by atoms with E-state index in [-0.39, 0.29) is 0 Å². The van der Waals surface area contributed by atoms with E-state index in [4.69, 9.17) is 0 Å². The first-order valence-corrected chi connectivity index (χ1v) is 15.4. The Labute approximate surface area is 159 Å². The summed E-state index contributed by atoms with van der Waals surface area (Å²) in [6.07, 6.45) is 0. The highest BCUT2D eigenvalue weighted by Gasteiger charge is 2.51. The van der Waals surface area contributed by atoms with E-state index in [0.29, 0.717) is 10.1 Å². The number of rotatable bonds is 5. The van der Waals surface area contributed by atoms with Crippen LogP contribution in [0.15, 0.2) is 30.8 Å². The fourth-order valence-electron chi connectivity index (χ4n) is 3.02. The molecule has 0 aliphatic heterocycles. The molecule has 1 rings (SSSR count). The van der Waals surface area contributed by atoms with E-state index in [1.54, 1.807) is 0 Å². The zero-order chi connectivity index (χ0) is 19.8. The molecular formula is C22H41NSi2. The van der Waals surface area contributed by atoms with Crippen molar-refractivity contribution in [2.45, 2.75) is 91.3 Å². The fourth-order valence-corrected chi connectivity index (χ4v) is 13.4. The lowest BCUT2D eigenvalue weighted by Gasteiger charge is -2.57. The lowest BCUT2D eigenvalue weighted by atomic mass is 10.1. The number of hydrogen-bond acceptors (Lipinski definition) is 1. The first kappa shape index (κ1) is 22.4. The third kappa shape index (κ3) is 4.75. The van der Waals surface area contributed by atoms with Crippen molar-refractivity contribution in [3.63, 3.8) is 0 Å². The van der Waals surface area contributed by atoms with Crippen LogP contribution in [-0.2, 0) is 6.54 Å². The molecule has 1 nitrogen and oxygen atoms in total. The summed E-state index contributed by atoms with van der Waals surface area (Å²) in [5.41, 5.74) is 3.84. The van der Waals surface area contributed by atoms with Gasteiger partial charge in [0, 0.05) is 6.54 Å². The third-order valence-electron chi connectivity index (χ3n) is 6.78. The van der Waals surface area contributed by atoms with Gasteiger partial charge in [0.15, 0.2) is 0 Å². The van der Waals surface area contributed by atoms with Gasteiger partial charge in [-0.05, 0) is 28.1 Å². The van der Waals surface area contributed by atoms with Crippen molar-refractivity contribution in [3.8, 4) is 0 Å². The standard InChI is InChI=1S/C22H41NSi2/c1-18(2)20-15-13-14-19(16-20)17-23(24(9,10)21(3,4)5)25(11,12)22(6,7)8/h13-16H,1,17H2,2-12H3. The topological polar surface area (TPSA) is 3.24 Å². The van der Waals surface area contributed by atoms with E-state index in [1.165, 1.54) is 11.1 Å². The molecule has 1 aromatic rings. The van der Waals surface area contributed by atoms with E-state index < -0.39 is 16.5 Å². The van der Waals surface area contributed by atoms with Crippen LogP contribution in [0, 0.1) is 0 Å². The van der Waals surface area contributed by atoms with E-state index in [2.05, 4.69) is 110 Å². The molecular weight excluding hydrogens is 334 g/mol. The van der Waals surface area contributed by atoms with Crippen molar-refractivity contribution in [3.05, 3.63) is 42.0 Å². The first-order chi connectivity index (χ1) is 11.0. The smallest absolute Gasteiger partial charge is 0.121 e. The summed E-state index contributed by atoms with van der Waals surface area (Å²) in [4.78, 5) is 0. The van der Waals surface area contributed by atoms with Crippen molar-refractivity contribution in [1.82, 2.24) is 4.23 Å². The van der Waals surface area contributed by atoms with Gasteiger partial charge in [-0.15, -0.1) is 0 Å². The normalized spacial score (nSPS) is 14.1. The van der Waals surface area contributed by atoms with Gasteiger partial charge >= 0.3 is 0 Å². The molecule has 0 N–H and O–H groups in total. The van der Waals surface area contributed by atoms with E-state index in [1.807, 2.05) is 0 Å². The van der Waals surface area contributed by atoms with Gasteiger partial charge in [-0.3, -0.25) is 0 Å². The second-order valence-electron chi connectivity index (χ2n) is 10.7. The highest BCUT2D eigenvalue weighted by molar-refractivity contribution is 6.93. The fraction of sp³-hybridized carbons (Fsp3) is 0.636. The van der Waals surface area contributed by atoms with Crippen LogP contribution >= 0.6 is 0 Å². The molecule has 0 unspecified atom stereocenters. The van der Waals surface area contributed by atoms with Crippen LogP contribution in [0.3, 0.4) is 0 Å². The van der Waals surface area contributed by atoms with Crippen molar-refractivity contribution >= 4 is 22.0 Å². The summed E-state index contributed by atoms with van der Waals surface area (Å²) < 4.78 is 2.98. The summed E-state index contributed by atoms with van der Waals surface area (Å²) >= 11 is 0. The summed E-state index contributed by atoms with van der Waals surface area (Å²) in [5, 5.41) is 0.683. The van der Waals surface area contributed by atoms with Crippen LogP contribution < -0.4 is 0 Å². The van der Waals surface area contributed by atoms with Gasteiger partial charge in [0.1, 0.15) is 16.5 Å². The minimum atomic E-state index is -1.63. The van der Waals surface area contributed by atoms with Gasteiger partial charge in [-0.1, -0.05) is 104 Å². The van der Waals surface area contributed by atoms with Crippen LogP contribution in [0.1, 0.15) is 59.6 Å². The molecule has 0 aliphatic carbocycles. The lowest BCUT2D eigenvalue weighted by molar-refractivity contribution is 0.508. The third-order valence-corrected chi connectivity index (χ3v) is 20.5. The maximum atomic E-state index is 4.13. The summed E-state index contributed by atoms with van der Waals surface area (Å²) in [6, 6.07) is 9.00. The molecule has 25 heavy (non-hydrogen) atoms. The Balaban J connectivity index is 3.44. The van der Waals surface area contributed by atoms with Crippen LogP contribution in [0.2, 0.25) is 36.3 Å². The maximum absolute atomic E-state index is 4.13. The summed E-state index contributed by atoms with van der Waals surface area (Å²) in [5.74, 6) is 0. The minimum absolute atomic E-state index is 0.342. The van der Waals surface area contributed by atoms with Gasteiger partial charge in [0.05, 0.1) is 0 Å². The van der Waals surface area contributed by atoms with E-state index in [0.717, 1.165) is 12.1 Å². The highest BCUT2D eigenvalue weighted by Crippen LogP contribution is 2.47. The largest absolute Gasteiger partial charge is 0.341 e. The van der Waals surface area contributed by atoms with Gasteiger partial charge in [-0.2, -0.15) is 0 Å². The SMILES string of the molecule is C=C(C)c1cccc(CN([Si](C)(C)C(C)(C)C)[Si](C)(C)C(C)(C)C)c1. The van der Waals surface area contributed by atoms with Crippen LogP contribution in [0.5, 0.6) is 0 Å². The quantitative estimate of drug-likeness (QED) is 0.481. The molecule has 0 radical (unpaired) electrons. The Morgan fingerprint density at radius 2 is 1.36 bits per heavy atom.